The molecule has 0 aliphatic rings. The lowest BCUT2D eigenvalue weighted by atomic mass is 10.1. The van der Waals surface area contributed by atoms with Crippen molar-refractivity contribution in [3.63, 3.8) is 0 Å². The molecule has 0 saturated carbocycles. The van der Waals surface area contributed by atoms with Gasteiger partial charge >= 0.3 is 0 Å². The molecule has 0 saturated heterocycles. The maximum Gasteiger partial charge on any atom is 0.250 e. The van der Waals surface area contributed by atoms with E-state index in [1.54, 1.807) is 40.9 Å². The van der Waals surface area contributed by atoms with Crippen LogP contribution >= 0.6 is 46.8 Å². The van der Waals surface area contributed by atoms with E-state index in [-0.39, 0.29) is 5.11 Å². The number of nitrogens with zero attached hydrogens (tertiary/aromatic N) is 4. The Balaban J connectivity index is 1.23. The number of thiocarbonyl (C=S) groups is 1. The first kappa shape index (κ1) is 25.1. The van der Waals surface area contributed by atoms with Crippen molar-refractivity contribution in [2.45, 2.75) is 13.8 Å². The molecule has 3 aromatic heterocycles. The molecule has 0 aliphatic heterocycles. The number of hydrogen-bond acceptors (Lipinski definition) is 7. The number of rotatable bonds is 5. The molecular weight excluding hydrogens is 551 g/mol. The monoisotopic (exact) mass is 568 g/mol. The number of halogens is 2. The summed E-state index contributed by atoms with van der Waals surface area (Å²) < 4.78 is 7.48. The van der Waals surface area contributed by atoms with E-state index in [4.69, 9.17) is 39.8 Å². The zero-order chi connectivity index (χ0) is 26.1. The molecule has 0 radical (unpaired) electrons. The number of hydrogen-bond donors (Lipinski definition) is 2. The van der Waals surface area contributed by atoms with Crippen LogP contribution in [0, 0.1) is 13.8 Å². The van der Waals surface area contributed by atoms with Crippen molar-refractivity contribution in [3.8, 4) is 21.9 Å². The van der Waals surface area contributed by atoms with Crippen molar-refractivity contribution >= 4 is 74.5 Å². The summed E-state index contributed by atoms with van der Waals surface area (Å²) >= 11 is 18.9. The zero-order valence-electron chi connectivity index (χ0n) is 19.5. The van der Waals surface area contributed by atoms with E-state index in [0.29, 0.717) is 21.6 Å². The van der Waals surface area contributed by atoms with Crippen molar-refractivity contribution in [2.75, 3.05) is 5.32 Å². The molecule has 0 fully saturated rings. The molecule has 2 aromatic carbocycles. The highest BCUT2D eigenvalue weighted by molar-refractivity contribution is 7.80. The molecule has 0 bridgehead atoms. The number of carbonyl (C=O) groups excluding carboxylic acids is 1. The van der Waals surface area contributed by atoms with Crippen molar-refractivity contribution in [2.24, 2.45) is 0 Å². The first-order valence-electron chi connectivity index (χ1n) is 10.9. The van der Waals surface area contributed by atoms with Gasteiger partial charge in [0.15, 0.2) is 10.9 Å². The lowest BCUT2D eigenvalue weighted by Gasteiger charge is -2.12. The first-order chi connectivity index (χ1) is 17.7. The van der Waals surface area contributed by atoms with E-state index in [1.165, 1.54) is 17.4 Å². The van der Waals surface area contributed by atoms with Crippen molar-refractivity contribution in [3.05, 3.63) is 81.8 Å². The second-order valence-corrected chi connectivity index (χ2v) is 10.3. The van der Waals surface area contributed by atoms with Gasteiger partial charge in [0.2, 0.25) is 10.9 Å². The summed E-state index contributed by atoms with van der Waals surface area (Å²) in [4.78, 5) is 13.2. The highest BCUT2D eigenvalue weighted by Crippen LogP contribution is 2.30. The van der Waals surface area contributed by atoms with Gasteiger partial charge in [-0.2, -0.15) is 9.61 Å². The Labute approximate surface area is 230 Å². The van der Waals surface area contributed by atoms with Gasteiger partial charge in [0.1, 0.15) is 16.5 Å². The fourth-order valence-corrected chi connectivity index (χ4v) is 5.10. The number of amides is 1. The lowest BCUT2D eigenvalue weighted by Crippen LogP contribution is -2.33. The van der Waals surface area contributed by atoms with Gasteiger partial charge in [-0.25, -0.2) is 0 Å². The maximum absolute atomic E-state index is 12.4. The standard InChI is InChI=1S/C25H18Cl2N6O2S2/c1-13-3-4-15(23-32-33-14(2)30-31-25(33)37-23)11-20(13)28-24(36)29-22(34)8-6-19-5-7-21(35-19)16-9-17(26)12-18(27)10-16/h3-12H,1-2H3,(H2,28,29,34,36)/b8-6+. The highest BCUT2D eigenvalue weighted by atomic mass is 35.5. The quantitative estimate of drug-likeness (QED) is 0.183. The molecule has 0 aliphatic carbocycles. The van der Waals surface area contributed by atoms with E-state index in [1.807, 2.05) is 32.0 Å². The molecule has 8 nitrogen and oxygen atoms in total. The topological polar surface area (TPSA) is 97.4 Å². The summed E-state index contributed by atoms with van der Waals surface area (Å²) in [6.07, 6.45) is 2.89. The van der Waals surface area contributed by atoms with Crippen molar-refractivity contribution in [1.29, 1.82) is 0 Å². The number of furan rings is 1. The van der Waals surface area contributed by atoms with Crippen LogP contribution in [0.5, 0.6) is 0 Å². The fourth-order valence-electron chi connectivity index (χ4n) is 3.48. The van der Waals surface area contributed by atoms with E-state index < -0.39 is 5.91 Å². The minimum atomic E-state index is -0.404. The second-order valence-electron chi connectivity index (χ2n) is 8.02. The van der Waals surface area contributed by atoms with Gasteiger partial charge < -0.3 is 9.73 Å². The van der Waals surface area contributed by atoms with Gasteiger partial charge in [-0.3, -0.25) is 10.1 Å². The molecule has 2 N–H and O–H groups in total. The minimum Gasteiger partial charge on any atom is -0.457 e. The summed E-state index contributed by atoms with van der Waals surface area (Å²) in [6.45, 7) is 3.79. The number of aromatic nitrogens is 4. The molecule has 0 atom stereocenters. The van der Waals surface area contributed by atoms with Crippen LogP contribution in [0.25, 0.3) is 32.9 Å². The number of fused-ring (bicyclic) bond motifs is 1. The molecule has 1 amide bonds. The molecule has 3 heterocycles. The Hall–Kier alpha value is -3.57. The number of carbonyl (C=O) groups is 1. The van der Waals surface area contributed by atoms with Crippen LogP contribution in [-0.4, -0.2) is 30.8 Å². The molecule has 0 unspecified atom stereocenters. The summed E-state index contributed by atoms with van der Waals surface area (Å²) in [7, 11) is 0. The van der Waals surface area contributed by atoms with Crippen LogP contribution in [0.15, 0.2) is 59.0 Å². The Morgan fingerprint density at radius 2 is 1.84 bits per heavy atom. The zero-order valence-corrected chi connectivity index (χ0v) is 22.6. The molecule has 0 spiro atoms. The number of anilines is 1. The summed E-state index contributed by atoms with van der Waals surface area (Å²) in [5.41, 5.74) is 3.35. The molecule has 186 valence electrons. The molecule has 5 aromatic rings. The Morgan fingerprint density at radius 1 is 1.05 bits per heavy atom. The van der Waals surface area contributed by atoms with Crippen LogP contribution in [0.4, 0.5) is 5.69 Å². The Kier molecular flexibility index (Phi) is 7.07. The molecular formula is C25H18Cl2N6O2S2. The van der Waals surface area contributed by atoms with E-state index >= 15 is 0 Å². The van der Waals surface area contributed by atoms with E-state index in [2.05, 4.69) is 25.9 Å². The maximum atomic E-state index is 12.4. The third-order valence-corrected chi connectivity index (χ3v) is 6.88. The highest BCUT2D eigenvalue weighted by Gasteiger charge is 2.13. The predicted octanol–water partition coefficient (Wildman–Crippen LogP) is 6.56. The van der Waals surface area contributed by atoms with Crippen LogP contribution in [0.1, 0.15) is 17.1 Å². The van der Waals surface area contributed by atoms with E-state index in [0.717, 1.165) is 38.2 Å². The lowest BCUT2D eigenvalue weighted by molar-refractivity contribution is -0.115. The molecule has 5 rings (SSSR count). The SMILES string of the molecule is Cc1ccc(-c2nn3c(C)nnc3s2)cc1NC(=S)NC(=O)/C=C/c1ccc(-c2cc(Cl)cc(Cl)c2)o1. The summed E-state index contributed by atoms with van der Waals surface area (Å²) in [6, 6.07) is 14.5. The average Bonchev–Trinajstić information content (AvgIpc) is 3.56. The summed E-state index contributed by atoms with van der Waals surface area (Å²) in [5.74, 6) is 1.39. The third kappa shape index (κ3) is 5.72. The predicted molar refractivity (Wildman–Crippen MR) is 151 cm³/mol. The Morgan fingerprint density at radius 3 is 2.59 bits per heavy atom. The van der Waals surface area contributed by atoms with Crippen LogP contribution in [0.3, 0.4) is 0 Å². The van der Waals surface area contributed by atoms with Gasteiger partial charge in [-0.1, -0.05) is 46.7 Å². The van der Waals surface area contributed by atoms with Crippen LogP contribution < -0.4 is 10.6 Å². The Bertz CT molecular complexity index is 1670. The average molecular weight is 569 g/mol. The molecule has 12 heteroatoms. The van der Waals surface area contributed by atoms with Gasteiger partial charge in [-0.15, -0.1) is 10.2 Å². The number of benzene rings is 2. The minimum absolute atomic E-state index is 0.164. The fraction of sp³-hybridized carbons (Fsp3) is 0.0800. The van der Waals surface area contributed by atoms with Crippen LogP contribution in [0.2, 0.25) is 10.0 Å². The normalized spacial score (nSPS) is 11.4. The number of aryl methyl sites for hydroxylation is 2. The molecule has 37 heavy (non-hydrogen) atoms. The van der Waals surface area contributed by atoms with Gasteiger partial charge in [0.05, 0.1) is 0 Å². The van der Waals surface area contributed by atoms with Gasteiger partial charge in [-0.05, 0) is 74.1 Å². The first-order valence-corrected chi connectivity index (χ1v) is 12.9. The van der Waals surface area contributed by atoms with Gasteiger partial charge in [0, 0.05) is 32.9 Å². The summed E-state index contributed by atoms with van der Waals surface area (Å²) in [5, 5.41) is 20.4. The second kappa shape index (κ2) is 10.4. The number of nitrogens with one attached hydrogen (secondary N) is 2. The smallest absolute Gasteiger partial charge is 0.250 e. The third-order valence-electron chi connectivity index (χ3n) is 5.29. The van der Waals surface area contributed by atoms with Gasteiger partial charge in [0.25, 0.3) is 0 Å². The van der Waals surface area contributed by atoms with Crippen LogP contribution in [-0.2, 0) is 4.79 Å². The van der Waals surface area contributed by atoms with Crippen molar-refractivity contribution < 1.29 is 9.21 Å². The van der Waals surface area contributed by atoms with Crippen molar-refractivity contribution in [1.82, 2.24) is 25.1 Å². The van der Waals surface area contributed by atoms with E-state index in [9.17, 15) is 4.79 Å². The largest absolute Gasteiger partial charge is 0.457 e.